The van der Waals surface area contributed by atoms with Gasteiger partial charge in [0.25, 0.3) is 0 Å². The number of hydrogen-bond donors (Lipinski definition) is 0. The van der Waals surface area contributed by atoms with Gasteiger partial charge in [0.15, 0.2) is 0 Å². The van der Waals surface area contributed by atoms with Crippen LogP contribution < -0.4 is 0 Å². The Morgan fingerprint density at radius 3 is 2.22 bits per heavy atom. The van der Waals surface area contributed by atoms with Crippen molar-refractivity contribution in [2.24, 2.45) is 11.8 Å². The number of nitrogens with zero attached hydrogens (tertiary/aromatic N) is 4. The first-order valence-electron chi connectivity index (χ1n) is 12.4. The molecule has 3 atom stereocenters. The van der Waals surface area contributed by atoms with Gasteiger partial charge in [-0.25, -0.2) is 24.5 Å². The molecular weight excluding hydrogens is 476 g/mol. The van der Waals surface area contributed by atoms with Gasteiger partial charge in [0.05, 0.1) is 12.8 Å². The molecule has 37 heavy (non-hydrogen) atoms. The zero-order valence-corrected chi connectivity index (χ0v) is 23.0. The molecule has 2 heterocycles. The smallest absolute Gasteiger partial charge is 0.419 e. The Morgan fingerprint density at radius 2 is 1.70 bits per heavy atom. The predicted octanol–water partition coefficient (Wildman–Crippen LogP) is 4.90. The maximum atomic E-state index is 12.9. The van der Waals surface area contributed by atoms with Gasteiger partial charge in [0, 0.05) is 18.9 Å². The minimum atomic E-state index is -0.883. The molecule has 1 aliphatic rings. The molecule has 202 valence electrons. The zero-order valence-electron chi connectivity index (χ0n) is 23.0. The number of imide groups is 1. The highest BCUT2D eigenvalue weighted by molar-refractivity contribution is 5.88. The molecule has 2 aromatic heterocycles. The fraction of sp³-hybridized carbons (Fsp3) is 0.593. The third-order valence-corrected chi connectivity index (χ3v) is 6.02. The third kappa shape index (κ3) is 6.87. The van der Waals surface area contributed by atoms with Gasteiger partial charge in [-0.2, -0.15) is 0 Å². The van der Waals surface area contributed by atoms with Gasteiger partial charge < -0.3 is 14.2 Å². The second kappa shape index (κ2) is 10.5. The number of methoxy groups -OCH3 is 1. The van der Waals surface area contributed by atoms with Crippen LogP contribution in [0.15, 0.2) is 36.9 Å². The highest BCUT2D eigenvalue weighted by Gasteiger charge is 2.63. The first-order valence-corrected chi connectivity index (χ1v) is 12.4. The molecule has 0 saturated heterocycles. The number of carbonyl (C=O) groups excluding carboxylic acids is 3. The predicted molar refractivity (Wildman–Crippen MR) is 136 cm³/mol. The number of esters is 1. The maximum Gasteiger partial charge on any atom is 0.419 e. The number of imidazole rings is 1. The van der Waals surface area contributed by atoms with Crippen LogP contribution in [-0.4, -0.2) is 62.4 Å². The summed E-state index contributed by atoms with van der Waals surface area (Å²) in [7, 11) is 1.37. The number of carbonyl (C=O) groups is 3. The molecule has 10 heteroatoms. The van der Waals surface area contributed by atoms with E-state index >= 15 is 0 Å². The number of hydrogen-bond acceptors (Lipinski definition) is 8. The Morgan fingerprint density at radius 1 is 1.08 bits per heavy atom. The fourth-order valence-electron chi connectivity index (χ4n) is 4.38. The van der Waals surface area contributed by atoms with Crippen molar-refractivity contribution in [3.63, 3.8) is 0 Å². The summed E-state index contributed by atoms with van der Waals surface area (Å²) >= 11 is 0. The molecule has 10 nitrogen and oxygen atoms in total. The normalized spacial score (nSPS) is 20.1. The standard InChI is InChI=1S/C27H38N4O6/c1-18(15-31(23(33)36-25(2,3)4)24(34)37-26(5,6)7)13-19-14-27(19,22(32)35-8)20-16-30(17-29-20)21-11-9-10-12-28-21/h9-12,16-19H,13-15H2,1-8H3/t18-,19-,27+/m1/s1. The van der Waals surface area contributed by atoms with Crippen molar-refractivity contribution >= 4 is 18.2 Å². The summed E-state index contributed by atoms with van der Waals surface area (Å²) in [6, 6.07) is 5.55. The summed E-state index contributed by atoms with van der Waals surface area (Å²) in [5, 5.41) is 0. The molecule has 0 radical (unpaired) electrons. The summed E-state index contributed by atoms with van der Waals surface area (Å²) in [6.45, 7) is 12.4. The number of aromatic nitrogens is 3. The Hall–Kier alpha value is -3.43. The lowest BCUT2D eigenvalue weighted by molar-refractivity contribution is -0.144. The van der Waals surface area contributed by atoms with Crippen molar-refractivity contribution in [3.8, 4) is 5.82 Å². The average molecular weight is 515 g/mol. The summed E-state index contributed by atoms with van der Waals surface area (Å²) in [4.78, 5) is 48.5. The van der Waals surface area contributed by atoms with Gasteiger partial charge in [-0.15, -0.1) is 0 Å². The Bertz CT molecular complexity index is 1090. The lowest BCUT2D eigenvalue weighted by Crippen LogP contribution is -2.45. The van der Waals surface area contributed by atoms with Gasteiger partial charge in [0.2, 0.25) is 0 Å². The van der Waals surface area contributed by atoms with E-state index in [1.165, 1.54) is 7.11 Å². The molecule has 2 aromatic rings. The molecule has 0 spiro atoms. The van der Waals surface area contributed by atoms with Crippen LogP contribution in [0.4, 0.5) is 9.59 Å². The molecule has 0 unspecified atom stereocenters. The molecule has 1 fully saturated rings. The topological polar surface area (TPSA) is 113 Å². The number of rotatable bonds is 7. The quantitative estimate of drug-likeness (QED) is 0.379. The second-order valence-corrected chi connectivity index (χ2v) is 11.6. The monoisotopic (exact) mass is 514 g/mol. The van der Waals surface area contributed by atoms with Crippen LogP contribution in [0.5, 0.6) is 0 Å². The Balaban J connectivity index is 1.77. The van der Waals surface area contributed by atoms with Gasteiger partial charge >= 0.3 is 18.2 Å². The first kappa shape index (κ1) is 28.1. The lowest BCUT2D eigenvalue weighted by Gasteiger charge is -2.30. The van der Waals surface area contributed by atoms with Crippen molar-refractivity contribution in [3.05, 3.63) is 42.6 Å². The Labute approximate surface area is 218 Å². The number of amides is 2. The molecule has 0 bridgehead atoms. The fourth-order valence-corrected chi connectivity index (χ4v) is 4.38. The van der Waals surface area contributed by atoms with Crippen LogP contribution in [-0.2, 0) is 24.4 Å². The minimum absolute atomic E-state index is 0.0684. The molecule has 0 aromatic carbocycles. The highest BCUT2D eigenvalue weighted by Crippen LogP contribution is 2.57. The summed E-state index contributed by atoms with van der Waals surface area (Å²) in [5.41, 5.74) is -1.82. The van der Waals surface area contributed by atoms with Crippen molar-refractivity contribution in [2.45, 2.75) is 77.9 Å². The van der Waals surface area contributed by atoms with E-state index in [0.29, 0.717) is 24.4 Å². The van der Waals surface area contributed by atoms with E-state index in [-0.39, 0.29) is 24.3 Å². The van der Waals surface area contributed by atoms with E-state index in [1.54, 1.807) is 64.8 Å². The summed E-state index contributed by atoms with van der Waals surface area (Å²) in [6.07, 6.45) is 4.71. The highest BCUT2D eigenvalue weighted by atomic mass is 16.6. The molecule has 1 saturated carbocycles. The maximum absolute atomic E-state index is 12.9. The summed E-state index contributed by atoms with van der Waals surface area (Å²) in [5.74, 6) is 0.125. The Kier molecular flexibility index (Phi) is 8.00. The van der Waals surface area contributed by atoms with E-state index in [9.17, 15) is 14.4 Å². The second-order valence-electron chi connectivity index (χ2n) is 11.6. The molecule has 1 aliphatic carbocycles. The van der Waals surface area contributed by atoms with Gasteiger partial charge in [-0.1, -0.05) is 13.0 Å². The minimum Gasteiger partial charge on any atom is -0.468 e. The molecular formula is C27H38N4O6. The van der Waals surface area contributed by atoms with E-state index in [4.69, 9.17) is 14.2 Å². The van der Waals surface area contributed by atoms with Crippen LogP contribution in [0, 0.1) is 11.8 Å². The molecule has 3 rings (SSSR count). The van der Waals surface area contributed by atoms with Crippen molar-refractivity contribution in [1.82, 2.24) is 19.4 Å². The number of pyridine rings is 1. The first-order chi connectivity index (χ1) is 17.2. The van der Waals surface area contributed by atoms with Crippen molar-refractivity contribution in [1.29, 1.82) is 0 Å². The van der Waals surface area contributed by atoms with E-state index in [2.05, 4.69) is 9.97 Å². The van der Waals surface area contributed by atoms with Crippen molar-refractivity contribution < 1.29 is 28.6 Å². The van der Waals surface area contributed by atoms with Crippen LogP contribution in [0.3, 0.4) is 0 Å². The molecule has 0 aliphatic heterocycles. The largest absolute Gasteiger partial charge is 0.468 e. The molecule has 0 N–H and O–H groups in total. The lowest BCUT2D eigenvalue weighted by atomic mass is 9.94. The van der Waals surface area contributed by atoms with Crippen LogP contribution in [0.25, 0.3) is 5.82 Å². The van der Waals surface area contributed by atoms with E-state index in [0.717, 1.165) is 4.90 Å². The summed E-state index contributed by atoms with van der Waals surface area (Å²) < 4.78 is 17.9. The SMILES string of the molecule is COC(=O)[C@@]1(c2cn(-c3ccccn3)cn2)C[C@H]1C[C@@H](C)CN(C(=O)OC(C)(C)C)C(=O)OC(C)(C)C. The van der Waals surface area contributed by atoms with Gasteiger partial charge in [-0.05, 0) is 78.4 Å². The number of ether oxygens (including phenoxy) is 3. The van der Waals surface area contributed by atoms with Crippen molar-refractivity contribution in [2.75, 3.05) is 13.7 Å². The van der Waals surface area contributed by atoms with E-state index < -0.39 is 28.8 Å². The zero-order chi connectivity index (χ0) is 27.6. The molecule has 2 amide bonds. The van der Waals surface area contributed by atoms with Gasteiger partial charge in [-0.3, -0.25) is 9.36 Å². The average Bonchev–Trinajstić information content (AvgIpc) is 3.27. The van der Waals surface area contributed by atoms with Crippen LogP contribution >= 0.6 is 0 Å². The van der Waals surface area contributed by atoms with Crippen LogP contribution in [0.1, 0.15) is 67.0 Å². The van der Waals surface area contributed by atoms with Gasteiger partial charge in [0.1, 0.15) is 28.8 Å². The third-order valence-electron chi connectivity index (χ3n) is 6.02. The van der Waals surface area contributed by atoms with Crippen LogP contribution in [0.2, 0.25) is 0 Å². The van der Waals surface area contributed by atoms with E-state index in [1.807, 2.05) is 25.1 Å².